The van der Waals surface area contributed by atoms with E-state index in [-0.39, 0.29) is 5.75 Å². The minimum absolute atomic E-state index is 0.290. The first-order chi connectivity index (χ1) is 13.2. The quantitative estimate of drug-likeness (QED) is 0.707. The fourth-order valence-corrected chi connectivity index (χ4v) is 3.17. The number of H-pyrrole nitrogens is 1. The number of benzene rings is 2. The van der Waals surface area contributed by atoms with Crippen LogP contribution in [0.2, 0.25) is 0 Å². The molecule has 1 aromatic heterocycles. The summed E-state index contributed by atoms with van der Waals surface area (Å²) in [6.45, 7) is 2.23. The van der Waals surface area contributed by atoms with Crippen LogP contribution in [0.25, 0.3) is 0 Å². The van der Waals surface area contributed by atoms with Gasteiger partial charge in [0.15, 0.2) is 0 Å². The summed E-state index contributed by atoms with van der Waals surface area (Å²) in [5, 5.41) is 9.77. The molecule has 0 radical (unpaired) electrons. The van der Waals surface area contributed by atoms with Gasteiger partial charge >= 0.3 is 0 Å². The standard InChI is InChI=1S/C22H19N3O2/c26-21-20(23-15-24-22(21)27)14-25-12-19(13-25)18-10-8-17(9-11-18)7-6-16-4-2-1-3-5-16/h1-5,8-11,15,19,26H,12-14H2,(H,23,24,27). The van der Waals surface area contributed by atoms with Crippen LogP contribution in [0, 0.1) is 11.8 Å². The lowest BCUT2D eigenvalue weighted by atomic mass is 9.90. The van der Waals surface area contributed by atoms with Crippen LogP contribution in [0.15, 0.2) is 65.7 Å². The van der Waals surface area contributed by atoms with E-state index in [1.54, 1.807) is 0 Å². The normalized spacial score (nSPS) is 14.2. The maximum absolute atomic E-state index is 11.4. The molecule has 0 saturated carbocycles. The van der Waals surface area contributed by atoms with Gasteiger partial charge in [-0.05, 0) is 29.8 Å². The Labute approximate surface area is 157 Å². The average Bonchev–Trinajstić information content (AvgIpc) is 2.67. The van der Waals surface area contributed by atoms with Gasteiger partial charge in [-0.15, -0.1) is 0 Å². The molecule has 0 spiro atoms. The van der Waals surface area contributed by atoms with Crippen LogP contribution in [0.4, 0.5) is 0 Å². The second kappa shape index (κ2) is 7.48. The summed E-state index contributed by atoms with van der Waals surface area (Å²) in [5.41, 5.74) is 3.21. The number of rotatable bonds is 3. The van der Waals surface area contributed by atoms with E-state index in [9.17, 15) is 9.90 Å². The van der Waals surface area contributed by atoms with Gasteiger partial charge in [-0.1, -0.05) is 42.2 Å². The summed E-state index contributed by atoms with van der Waals surface area (Å²) in [7, 11) is 0. The summed E-state index contributed by atoms with van der Waals surface area (Å²) in [6.07, 6.45) is 1.32. The molecule has 1 saturated heterocycles. The fraction of sp³-hybridized carbons (Fsp3) is 0.182. The number of aromatic hydroxyl groups is 1. The lowest BCUT2D eigenvalue weighted by Crippen LogP contribution is -2.44. The lowest BCUT2D eigenvalue weighted by Gasteiger charge is -2.39. The Kier molecular flexibility index (Phi) is 4.73. The molecule has 2 N–H and O–H groups in total. The monoisotopic (exact) mass is 357 g/mol. The van der Waals surface area contributed by atoms with Gasteiger partial charge in [-0.25, -0.2) is 4.98 Å². The second-order valence-corrected chi connectivity index (χ2v) is 6.66. The van der Waals surface area contributed by atoms with Crippen molar-refractivity contribution in [2.45, 2.75) is 12.5 Å². The van der Waals surface area contributed by atoms with Crippen LogP contribution >= 0.6 is 0 Å². The molecule has 4 rings (SSSR count). The zero-order valence-corrected chi connectivity index (χ0v) is 14.7. The molecule has 0 atom stereocenters. The molecule has 2 aromatic carbocycles. The molecule has 1 aliphatic heterocycles. The van der Waals surface area contributed by atoms with Crippen molar-refractivity contribution in [2.75, 3.05) is 13.1 Å². The highest BCUT2D eigenvalue weighted by Crippen LogP contribution is 2.28. The number of hydrogen-bond acceptors (Lipinski definition) is 4. The largest absolute Gasteiger partial charge is 0.502 e. The van der Waals surface area contributed by atoms with Crippen molar-refractivity contribution < 1.29 is 5.11 Å². The van der Waals surface area contributed by atoms with Crippen molar-refractivity contribution >= 4 is 0 Å². The highest BCUT2D eigenvalue weighted by atomic mass is 16.3. The number of nitrogens with zero attached hydrogens (tertiary/aromatic N) is 2. The van der Waals surface area contributed by atoms with Crippen LogP contribution < -0.4 is 5.56 Å². The maximum atomic E-state index is 11.4. The van der Waals surface area contributed by atoms with E-state index in [0.29, 0.717) is 18.2 Å². The van der Waals surface area contributed by atoms with Crippen molar-refractivity contribution in [2.24, 2.45) is 0 Å². The van der Waals surface area contributed by atoms with E-state index in [4.69, 9.17) is 0 Å². The molecule has 1 aliphatic rings. The zero-order chi connectivity index (χ0) is 18.6. The molecule has 2 heterocycles. The Morgan fingerprint density at radius 3 is 2.41 bits per heavy atom. The predicted octanol–water partition coefficient (Wildman–Crippen LogP) is 2.47. The van der Waals surface area contributed by atoms with Crippen LogP contribution in [0.5, 0.6) is 5.75 Å². The van der Waals surface area contributed by atoms with E-state index >= 15 is 0 Å². The first-order valence-corrected chi connectivity index (χ1v) is 8.84. The lowest BCUT2D eigenvalue weighted by molar-refractivity contribution is 0.136. The molecule has 3 aromatic rings. The minimum atomic E-state index is -0.496. The number of likely N-dealkylation sites (tertiary alicyclic amines) is 1. The van der Waals surface area contributed by atoms with Crippen LogP contribution in [-0.4, -0.2) is 33.1 Å². The Hall–Kier alpha value is -3.36. The van der Waals surface area contributed by atoms with E-state index in [2.05, 4.69) is 51.0 Å². The van der Waals surface area contributed by atoms with Gasteiger partial charge in [0.1, 0.15) is 5.69 Å². The number of hydrogen-bond donors (Lipinski definition) is 2. The predicted molar refractivity (Wildman–Crippen MR) is 103 cm³/mol. The molecule has 0 unspecified atom stereocenters. The Bertz CT molecular complexity index is 1040. The highest BCUT2D eigenvalue weighted by molar-refractivity contribution is 5.43. The van der Waals surface area contributed by atoms with E-state index < -0.39 is 5.56 Å². The van der Waals surface area contributed by atoms with Gasteiger partial charge in [0.2, 0.25) is 5.75 Å². The van der Waals surface area contributed by atoms with Crippen molar-refractivity contribution in [1.29, 1.82) is 0 Å². The maximum Gasteiger partial charge on any atom is 0.293 e. The fourth-order valence-electron chi connectivity index (χ4n) is 3.17. The first-order valence-electron chi connectivity index (χ1n) is 8.84. The molecule has 27 heavy (non-hydrogen) atoms. The molecule has 0 bridgehead atoms. The topological polar surface area (TPSA) is 69.2 Å². The highest BCUT2D eigenvalue weighted by Gasteiger charge is 2.29. The van der Waals surface area contributed by atoms with Gasteiger partial charge in [0.05, 0.1) is 6.33 Å². The van der Waals surface area contributed by atoms with Crippen molar-refractivity contribution in [3.05, 3.63) is 93.7 Å². The summed E-state index contributed by atoms with van der Waals surface area (Å²) < 4.78 is 0. The molecular formula is C22H19N3O2. The van der Waals surface area contributed by atoms with Gasteiger partial charge in [0.25, 0.3) is 5.56 Å². The Morgan fingerprint density at radius 2 is 1.70 bits per heavy atom. The molecule has 5 nitrogen and oxygen atoms in total. The Balaban J connectivity index is 1.35. The summed E-state index contributed by atoms with van der Waals surface area (Å²) in [5.74, 6) is 6.51. The Morgan fingerprint density at radius 1 is 1.04 bits per heavy atom. The molecule has 5 heteroatoms. The third-order valence-corrected chi connectivity index (χ3v) is 4.74. The third-order valence-electron chi connectivity index (χ3n) is 4.74. The van der Waals surface area contributed by atoms with E-state index in [1.165, 1.54) is 11.9 Å². The first kappa shape index (κ1) is 17.1. The van der Waals surface area contributed by atoms with Crippen LogP contribution in [0.1, 0.15) is 28.3 Å². The van der Waals surface area contributed by atoms with Crippen LogP contribution in [0.3, 0.4) is 0 Å². The number of aromatic nitrogens is 2. The molecule has 0 amide bonds. The molecular weight excluding hydrogens is 338 g/mol. The number of nitrogens with one attached hydrogen (secondary N) is 1. The summed E-state index contributed by atoms with van der Waals surface area (Å²) in [6, 6.07) is 18.3. The zero-order valence-electron chi connectivity index (χ0n) is 14.7. The van der Waals surface area contributed by atoms with Gasteiger partial charge < -0.3 is 10.1 Å². The molecule has 1 fully saturated rings. The molecule has 0 aliphatic carbocycles. The second-order valence-electron chi connectivity index (χ2n) is 6.66. The minimum Gasteiger partial charge on any atom is -0.502 e. The van der Waals surface area contributed by atoms with Gasteiger partial charge in [-0.3, -0.25) is 9.69 Å². The smallest absolute Gasteiger partial charge is 0.293 e. The summed E-state index contributed by atoms with van der Waals surface area (Å²) >= 11 is 0. The van der Waals surface area contributed by atoms with E-state index in [0.717, 1.165) is 24.2 Å². The SMILES string of the molecule is O=c1[nH]cnc(CN2CC(c3ccc(C#Cc4ccccc4)cc3)C2)c1O. The number of aromatic amines is 1. The average molecular weight is 357 g/mol. The van der Waals surface area contributed by atoms with Gasteiger partial charge in [-0.2, -0.15) is 0 Å². The molecule has 134 valence electrons. The van der Waals surface area contributed by atoms with Crippen molar-refractivity contribution in [3.63, 3.8) is 0 Å². The van der Waals surface area contributed by atoms with Crippen LogP contribution in [-0.2, 0) is 6.54 Å². The van der Waals surface area contributed by atoms with Gasteiger partial charge in [0, 0.05) is 36.7 Å². The van der Waals surface area contributed by atoms with E-state index in [1.807, 2.05) is 30.3 Å². The third kappa shape index (κ3) is 3.91. The summed E-state index contributed by atoms with van der Waals surface area (Å²) in [4.78, 5) is 20.0. The van der Waals surface area contributed by atoms with Crippen molar-refractivity contribution in [1.82, 2.24) is 14.9 Å². The van der Waals surface area contributed by atoms with Crippen molar-refractivity contribution in [3.8, 4) is 17.6 Å².